The van der Waals surface area contributed by atoms with E-state index in [1.54, 1.807) is 13.3 Å². The van der Waals surface area contributed by atoms with Gasteiger partial charge in [0.05, 0.1) is 42.1 Å². The zero-order chi connectivity index (χ0) is 26.4. The standard InChI is InChI=1S/C27H26ClF3N4O2/c1-18(34-21-5-8-25(28)24(15-21)27(29,30)31)33-20-3-6-22(7-4-20)35-17-19(10-12-37-14-13-36-2)23-9-11-32-16-26(23)35/h3-9,11,15-17,33-34H,1,10,12-14H2,2H3. The number of fused-ring (bicyclic) bond motifs is 1. The summed E-state index contributed by atoms with van der Waals surface area (Å²) >= 11 is 5.69. The van der Waals surface area contributed by atoms with Gasteiger partial charge in [-0.1, -0.05) is 18.2 Å². The molecule has 2 aromatic heterocycles. The summed E-state index contributed by atoms with van der Waals surface area (Å²) in [6.07, 6.45) is 1.88. The van der Waals surface area contributed by atoms with Crippen molar-refractivity contribution >= 4 is 33.9 Å². The Morgan fingerprint density at radius 3 is 2.49 bits per heavy atom. The normalized spacial score (nSPS) is 11.6. The van der Waals surface area contributed by atoms with E-state index < -0.39 is 11.7 Å². The molecule has 2 aromatic carbocycles. The number of ether oxygens (including phenoxy) is 2. The second kappa shape index (κ2) is 11.7. The molecule has 0 aliphatic rings. The Balaban J connectivity index is 1.45. The fraction of sp³-hybridized carbons (Fsp3) is 0.222. The third-order valence-corrected chi connectivity index (χ3v) is 5.98. The summed E-state index contributed by atoms with van der Waals surface area (Å²) in [6.45, 7) is 5.55. The first-order valence-electron chi connectivity index (χ1n) is 11.5. The van der Waals surface area contributed by atoms with Crippen molar-refractivity contribution < 1.29 is 22.6 Å². The van der Waals surface area contributed by atoms with E-state index >= 15 is 0 Å². The highest BCUT2D eigenvalue weighted by Gasteiger charge is 2.33. The molecule has 0 radical (unpaired) electrons. The van der Waals surface area contributed by atoms with Gasteiger partial charge in [-0.25, -0.2) is 0 Å². The predicted octanol–water partition coefficient (Wildman–Crippen LogP) is 6.90. The monoisotopic (exact) mass is 530 g/mol. The third-order valence-electron chi connectivity index (χ3n) is 5.65. The Hall–Kier alpha value is -3.53. The largest absolute Gasteiger partial charge is 0.417 e. The number of anilines is 2. The van der Waals surface area contributed by atoms with Crippen molar-refractivity contribution in [3.63, 3.8) is 0 Å². The molecule has 0 aliphatic heterocycles. The molecule has 4 aromatic rings. The zero-order valence-electron chi connectivity index (χ0n) is 20.1. The summed E-state index contributed by atoms with van der Waals surface area (Å²) in [5.74, 6) is 0.314. The molecule has 0 saturated heterocycles. The first-order valence-corrected chi connectivity index (χ1v) is 11.8. The minimum atomic E-state index is -4.55. The van der Waals surface area contributed by atoms with Crippen LogP contribution in [0.2, 0.25) is 5.02 Å². The number of alkyl halides is 3. The van der Waals surface area contributed by atoms with Crippen LogP contribution in [0.1, 0.15) is 11.1 Å². The van der Waals surface area contributed by atoms with E-state index in [0.29, 0.717) is 31.3 Å². The van der Waals surface area contributed by atoms with Crippen LogP contribution in [0, 0.1) is 0 Å². The second-order valence-corrected chi connectivity index (χ2v) is 8.65. The number of hydrogen-bond donors (Lipinski definition) is 2. The highest BCUT2D eigenvalue weighted by molar-refractivity contribution is 6.31. The number of benzene rings is 2. The third kappa shape index (κ3) is 6.62. The SMILES string of the molecule is C=C(Nc1ccc(-n2cc(CCOCCOC)c3ccncc32)cc1)Nc1ccc(Cl)c(C(F)(F)F)c1. The van der Waals surface area contributed by atoms with Crippen molar-refractivity contribution in [2.45, 2.75) is 12.6 Å². The summed E-state index contributed by atoms with van der Waals surface area (Å²) in [5, 5.41) is 6.64. The van der Waals surface area contributed by atoms with Gasteiger partial charge in [0.15, 0.2) is 0 Å². The maximum atomic E-state index is 13.1. The van der Waals surface area contributed by atoms with Crippen LogP contribution in [0.15, 0.2) is 79.5 Å². The number of hydrogen-bond acceptors (Lipinski definition) is 5. The van der Waals surface area contributed by atoms with Gasteiger partial charge in [0, 0.05) is 42.0 Å². The number of halogens is 4. The van der Waals surface area contributed by atoms with E-state index in [9.17, 15) is 13.2 Å². The molecule has 6 nitrogen and oxygen atoms in total. The van der Waals surface area contributed by atoms with Gasteiger partial charge >= 0.3 is 6.18 Å². The van der Waals surface area contributed by atoms with Crippen molar-refractivity contribution in [3.05, 3.63) is 95.7 Å². The highest BCUT2D eigenvalue weighted by atomic mass is 35.5. The molecule has 37 heavy (non-hydrogen) atoms. The summed E-state index contributed by atoms with van der Waals surface area (Å²) in [6, 6.07) is 13.2. The van der Waals surface area contributed by atoms with Gasteiger partial charge in [-0.2, -0.15) is 13.2 Å². The number of rotatable bonds is 11. The Morgan fingerprint density at radius 2 is 1.76 bits per heavy atom. The van der Waals surface area contributed by atoms with Crippen LogP contribution < -0.4 is 10.6 Å². The van der Waals surface area contributed by atoms with Gasteiger partial charge in [-0.05, 0) is 60.5 Å². The van der Waals surface area contributed by atoms with Crippen molar-refractivity contribution in [1.29, 1.82) is 0 Å². The van der Waals surface area contributed by atoms with E-state index in [1.807, 2.05) is 36.5 Å². The lowest BCUT2D eigenvalue weighted by Crippen LogP contribution is -2.10. The van der Waals surface area contributed by atoms with E-state index in [4.69, 9.17) is 21.1 Å². The zero-order valence-corrected chi connectivity index (χ0v) is 20.9. The minimum absolute atomic E-state index is 0.218. The Labute approximate surface area is 217 Å². The van der Waals surface area contributed by atoms with Crippen molar-refractivity contribution in [1.82, 2.24) is 9.55 Å². The molecule has 0 atom stereocenters. The molecular formula is C27H26ClF3N4O2. The van der Waals surface area contributed by atoms with Crippen molar-refractivity contribution in [3.8, 4) is 5.69 Å². The van der Waals surface area contributed by atoms with Crippen LogP contribution in [0.3, 0.4) is 0 Å². The number of aromatic nitrogens is 2. The van der Waals surface area contributed by atoms with Gasteiger partial charge in [0.25, 0.3) is 0 Å². The van der Waals surface area contributed by atoms with E-state index in [0.717, 1.165) is 34.6 Å². The topological polar surface area (TPSA) is 60.3 Å². The maximum absolute atomic E-state index is 13.1. The van der Waals surface area contributed by atoms with Gasteiger partial charge in [-0.15, -0.1) is 0 Å². The molecule has 194 valence electrons. The molecule has 0 bridgehead atoms. The molecule has 0 amide bonds. The Kier molecular flexibility index (Phi) is 8.38. The van der Waals surface area contributed by atoms with E-state index in [-0.39, 0.29) is 10.7 Å². The molecule has 10 heteroatoms. The van der Waals surface area contributed by atoms with Crippen molar-refractivity contribution in [2.75, 3.05) is 37.6 Å². The molecule has 0 spiro atoms. The summed E-state index contributed by atoms with van der Waals surface area (Å²) in [7, 11) is 1.64. The summed E-state index contributed by atoms with van der Waals surface area (Å²) in [5.41, 5.74) is 3.08. The number of pyridine rings is 1. The van der Waals surface area contributed by atoms with Gasteiger partial charge < -0.3 is 24.7 Å². The van der Waals surface area contributed by atoms with Crippen LogP contribution in [0.4, 0.5) is 24.5 Å². The quantitative estimate of drug-likeness (QED) is 0.207. The second-order valence-electron chi connectivity index (χ2n) is 8.24. The first kappa shape index (κ1) is 26.5. The molecule has 0 saturated carbocycles. The van der Waals surface area contributed by atoms with Gasteiger partial charge in [0.2, 0.25) is 0 Å². The minimum Gasteiger partial charge on any atom is -0.382 e. The molecular weight excluding hydrogens is 505 g/mol. The molecule has 0 fully saturated rings. The molecule has 0 unspecified atom stereocenters. The predicted molar refractivity (Wildman–Crippen MR) is 140 cm³/mol. The van der Waals surface area contributed by atoms with Crippen LogP contribution >= 0.6 is 11.6 Å². The summed E-state index contributed by atoms with van der Waals surface area (Å²) in [4.78, 5) is 4.28. The molecule has 2 heterocycles. The summed E-state index contributed by atoms with van der Waals surface area (Å²) < 4.78 is 52.1. The van der Waals surface area contributed by atoms with Crippen LogP contribution in [0.5, 0.6) is 0 Å². The molecule has 2 N–H and O–H groups in total. The van der Waals surface area contributed by atoms with Crippen LogP contribution in [-0.2, 0) is 22.1 Å². The van der Waals surface area contributed by atoms with Crippen LogP contribution in [0.25, 0.3) is 16.6 Å². The molecule has 4 rings (SSSR count). The Bertz CT molecular complexity index is 1370. The smallest absolute Gasteiger partial charge is 0.382 e. The lowest BCUT2D eigenvalue weighted by Gasteiger charge is -2.15. The number of nitrogens with one attached hydrogen (secondary N) is 2. The fourth-order valence-electron chi connectivity index (χ4n) is 3.89. The van der Waals surface area contributed by atoms with Gasteiger partial charge in [-0.3, -0.25) is 4.98 Å². The van der Waals surface area contributed by atoms with Gasteiger partial charge in [0.1, 0.15) is 5.82 Å². The lowest BCUT2D eigenvalue weighted by molar-refractivity contribution is -0.137. The van der Waals surface area contributed by atoms with Crippen molar-refractivity contribution in [2.24, 2.45) is 0 Å². The maximum Gasteiger partial charge on any atom is 0.417 e. The number of nitrogens with zero attached hydrogens (tertiary/aromatic N) is 2. The Morgan fingerprint density at radius 1 is 1.03 bits per heavy atom. The highest BCUT2D eigenvalue weighted by Crippen LogP contribution is 2.36. The molecule has 0 aliphatic carbocycles. The number of methoxy groups -OCH3 is 1. The van der Waals surface area contributed by atoms with E-state index in [2.05, 4.69) is 33.0 Å². The fourth-order valence-corrected chi connectivity index (χ4v) is 4.11. The van der Waals surface area contributed by atoms with Crippen LogP contribution in [-0.4, -0.2) is 36.5 Å². The lowest BCUT2D eigenvalue weighted by atomic mass is 10.1. The average molecular weight is 531 g/mol. The average Bonchev–Trinajstić information content (AvgIpc) is 3.23. The van der Waals surface area contributed by atoms with E-state index in [1.165, 1.54) is 12.1 Å². The first-order chi connectivity index (χ1) is 17.8.